The molecule has 0 saturated heterocycles. The van der Waals surface area contributed by atoms with Gasteiger partial charge in [-0.25, -0.2) is 0 Å². The number of nitrogen functional groups attached to an aromatic ring is 1. The molecule has 0 fully saturated rings. The minimum absolute atomic E-state index is 0.488. The highest BCUT2D eigenvalue weighted by Crippen LogP contribution is 2.34. The second kappa shape index (κ2) is 5.00. The number of hydrogen-bond donors (Lipinski definition) is 2. The second-order valence-electron chi connectivity index (χ2n) is 4.11. The highest BCUT2D eigenvalue weighted by atomic mass is 127. The summed E-state index contributed by atoms with van der Waals surface area (Å²) in [6.45, 7) is 0. The molecule has 94 valence electrons. The average Bonchev–Trinajstić information content (AvgIpc) is 2.82. The summed E-state index contributed by atoms with van der Waals surface area (Å²) < 4.78 is 1.19. The molecule has 3 N–H and O–H groups in total. The summed E-state index contributed by atoms with van der Waals surface area (Å²) >= 11 is 2.28. The first-order valence-corrected chi connectivity index (χ1v) is 6.84. The van der Waals surface area contributed by atoms with Crippen LogP contribution >= 0.6 is 22.6 Å². The van der Waals surface area contributed by atoms with Crippen LogP contribution in [0.1, 0.15) is 0 Å². The third-order valence-electron chi connectivity index (χ3n) is 2.88. The van der Waals surface area contributed by atoms with Gasteiger partial charge in [0.05, 0.1) is 11.3 Å². The number of pyridine rings is 1. The Morgan fingerprint density at radius 3 is 2.53 bits per heavy atom. The average molecular weight is 362 g/mol. The molecule has 0 amide bonds. The van der Waals surface area contributed by atoms with Crippen molar-refractivity contribution < 1.29 is 0 Å². The van der Waals surface area contributed by atoms with Crippen molar-refractivity contribution in [1.29, 1.82) is 0 Å². The molecule has 1 aromatic carbocycles. The summed E-state index contributed by atoms with van der Waals surface area (Å²) in [7, 11) is 0. The van der Waals surface area contributed by atoms with Gasteiger partial charge in [0.25, 0.3) is 0 Å². The lowest BCUT2D eigenvalue weighted by Gasteiger charge is -2.04. The van der Waals surface area contributed by atoms with Gasteiger partial charge in [0.1, 0.15) is 0 Å². The summed E-state index contributed by atoms with van der Waals surface area (Å²) in [6, 6.07) is 12.1. The van der Waals surface area contributed by atoms with E-state index in [1.165, 1.54) is 3.57 Å². The van der Waals surface area contributed by atoms with E-state index in [9.17, 15) is 0 Å². The maximum Gasteiger partial charge on any atom is 0.153 e. The van der Waals surface area contributed by atoms with Gasteiger partial charge < -0.3 is 5.73 Å². The maximum atomic E-state index is 5.97. The molecule has 5 heteroatoms. The number of hydrogen-bond acceptors (Lipinski definition) is 3. The Morgan fingerprint density at radius 2 is 1.84 bits per heavy atom. The number of H-pyrrole nitrogens is 1. The molecule has 0 bridgehead atoms. The monoisotopic (exact) mass is 362 g/mol. The lowest BCUT2D eigenvalue weighted by molar-refractivity contribution is 1.10. The summed E-state index contributed by atoms with van der Waals surface area (Å²) in [5.41, 5.74) is 9.80. The van der Waals surface area contributed by atoms with Crippen LogP contribution in [-0.4, -0.2) is 15.2 Å². The van der Waals surface area contributed by atoms with E-state index in [0.717, 1.165) is 22.4 Å². The fraction of sp³-hybridized carbons (Fsp3) is 0. The van der Waals surface area contributed by atoms with Crippen molar-refractivity contribution in [3.63, 3.8) is 0 Å². The molecule has 3 rings (SSSR count). The topological polar surface area (TPSA) is 67.6 Å². The first-order valence-electron chi connectivity index (χ1n) is 5.76. The lowest BCUT2D eigenvalue weighted by atomic mass is 10.0. The van der Waals surface area contributed by atoms with E-state index < -0.39 is 0 Å². The number of nitrogens with zero attached hydrogens (tertiary/aromatic N) is 2. The minimum Gasteiger partial charge on any atom is -0.382 e. The van der Waals surface area contributed by atoms with Crippen molar-refractivity contribution >= 4 is 28.4 Å². The number of anilines is 1. The molecule has 0 aliphatic carbocycles. The van der Waals surface area contributed by atoms with E-state index in [-0.39, 0.29) is 0 Å². The zero-order valence-corrected chi connectivity index (χ0v) is 12.1. The number of halogens is 1. The normalized spacial score (nSPS) is 10.6. The highest BCUT2D eigenvalue weighted by molar-refractivity contribution is 14.1. The Labute approximate surface area is 124 Å². The molecule has 2 heterocycles. The Hall–Kier alpha value is -1.89. The summed E-state index contributed by atoms with van der Waals surface area (Å²) in [4.78, 5) is 4.13. The van der Waals surface area contributed by atoms with E-state index in [0.29, 0.717) is 5.82 Å². The molecule has 0 aliphatic rings. The van der Waals surface area contributed by atoms with Gasteiger partial charge in [-0.2, -0.15) is 5.10 Å². The predicted octanol–water partition coefficient (Wildman–Crippen LogP) is 3.33. The molecule has 2 aromatic heterocycles. The van der Waals surface area contributed by atoms with Crippen LogP contribution in [0, 0.1) is 3.57 Å². The summed E-state index contributed by atoms with van der Waals surface area (Å²) in [6.07, 6.45) is 3.53. The standard InChI is InChI=1S/C14H11IN4/c15-11-5-3-9(4-6-11)13-12(14(16)19-18-13)10-2-1-7-17-8-10/h1-8H,(H3,16,18,19). The zero-order valence-electron chi connectivity index (χ0n) is 9.97. The third kappa shape index (κ3) is 2.33. The van der Waals surface area contributed by atoms with E-state index in [2.05, 4.69) is 62.0 Å². The Balaban J connectivity index is 2.16. The molecule has 0 saturated carbocycles. The van der Waals surface area contributed by atoms with Gasteiger partial charge in [0.15, 0.2) is 5.82 Å². The number of nitrogens with two attached hydrogens (primary N) is 1. The van der Waals surface area contributed by atoms with Gasteiger partial charge in [-0.1, -0.05) is 18.2 Å². The van der Waals surface area contributed by atoms with Crippen LogP contribution in [0.5, 0.6) is 0 Å². The van der Waals surface area contributed by atoms with E-state index in [4.69, 9.17) is 5.73 Å². The Kier molecular flexibility index (Phi) is 3.20. The van der Waals surface area contributed by atoms with Gasteiger partial charge in [-0.3, -0.25) is 10.1 Å². The Bertz CT molecular complexity index is 689. The molecular weight excluding hydrogens is 351 g/mol. The van der Waals surface area contributed by atoms with Crippen molar-refractivity contribution in [1.82, 2.24) is 15.2 Å². The number of benzene rings is 1. The van der Waals surface area contributed by atoms with Gasteiger partial charge in [-0.15, -0.1) is 0 Å². The minimum atomic E-state index is 0.488. The molecule has 0 atom stereocenters. The van der Waals surface area contributed by atoms with Crippen LogP contribution in [0.2, 0.25) is 0 Å². The largest absolute Gasteiger partial charge is 0.382 e. The molecule has 4 nitrogen and oxygen atoms in total. The van der Waals surface area contributed by atoms with Gasteiger partial charge >= 0.3 is 0 Å². The van der Waals surface area contributed by atoms with Crippen LogP contribution in [-0.2, 0) is 0 Å². The van der Waals surface area contributed by atoms with Gasteiger partial charge in [0.2, 0.25) is 0 Å². The fourth-order valence-electron chi connectivity index (χ4n) is 1.98. The maximum absolute atomic E-state index is 5.97. The number of aromatic amines is 1. The van der Waals surface area contributed by atoms with Gasteiger partial charge in [0, 0.05) is 27.1 Å². The van der Waals surface area contributed by atoms with Crippen LogP contribution in [0.25, 0.3) is 22.4 Å². The lowest BCUT2D eigenvalue weighted by Crippen LogP contribution is -1.89. The quantitative estimate of drug-likeness (QED) is 0.688. The molecule has 0 radical (unpaired) electrons. The number of aromatic nitrogens is 3. The molecule has 19 heavy (non-hydrogen) atoms. The van der Waals surface area contributed by atoms with Crippen LogP contribution in [0.3, 0.4) is 0 Å². The third-order valence-corrected chi connectivity index (χ3v) is 3.60. The van der Waals surface area contributed by atoms with Crippen LogP contribution in [0.4, 0.5) is 5.82 Å². The van der Waals surface area contributed by atoms with Crippen molar-refractivity contribution in [2.75, 3.05) is 5.73 Å². The van der Waals surface area contributed by atoms with E-state index >= 15 is 0 Å². The molecule has 0 spiro atoms. The molecule has 3 aromatic rings. The summed E-state index contributed by atoms with van der Waals surface area (Å²) in [5.74, 6) is 0.488. The zero-order chi connectivity index (χ0) is 13.2. The SMILES string of the molecule is Nc1n[nH]c(-c2ccc(I)cc2)c1-c1cccnc1. The number of rotatable bonds is 2. The fourth-order valence-corrected chi connectivity index (χ4v) is 2.34. The van der Waals surface area contributed by atoms with Crippen molar-refractivity contribution in [2.45, 2.75) is 0 Å². The van der Waals surface area contributed by atoms with Gasteiger partial charge in [-0.05, 0) is 40.8 Å². The summed E-state index contributed by atoms with van der Waals surface area (Å²) in [5, 5.41) is 7.12. The molecular formula is C14H11IN4. The first-order chi connectivity index (χ1) is 9.25. The van der Waals surface area contributed by atoms with Crippen LogP contribution in [0.15, 0.2) is 48.8 Å². The number of nitrogens with one attached hydrogen (secondary N) is 1. The van der Waals surface area contributed by atoms with Crippen molar-refractivity contribution in [3.8, 4) is 22.4 Å². The predicted molar refractivity (Wildman–Crippen MR) is 84.4 cm³/mol. The molecule has 0 unspecified atom stereocenters. The highest BCUT2D eigenvalue weighted by Gasteiger charge is 2.14. The Morgan fingerprint density at radius 1 is 1.05 bits per heavy atom. The van der Waals surface area contributed by atoms with E-state index in [1.807, 2.05) is 12.1 Å². The van der Waals surface area contributed by atoms with Crippen LogP contribution < -0.4 is 5.73 Å². The van der Waals surface area contributed by atoms with Crippen molar-refractivity contribution in [3.05, 3.63) is 52.4 Å². The van der Waals surface area contributed by atoms with Crippen molar-refractivity contribution in [2.24, 2.45) is 0 Å². The molecule has 0 aliphatic heterocycles. The second-order valence-corrected chi connectivity index (χ2v) is 5.35. The van der Waals surface area contributed by atoms with E-state index in [1.54, 1.807) is 12.4 Å². The first kappa shape index (κ1) is 12.2. The smallest absolute Gasteiger partial charge is 0.153 e.